The van der Waals surface area contributed by atoms with Crippen LogP contribution >= 0.6 is 0 Å². The third-order valence-electron chi connectivity index (χ3n) is 0.804. The van der Waals surface area contributed by atoms with E-state index in [4.69, 9.17) is 0 Å². The summed E-state index contributed by atoms with van der Waals surface area (Å²) in [5.74, 6) is 0. The molecule has 1 unspecified atom stereocenters. The molecule has 3 heteroatoms. The molecule has 1 aliphatic rings. The highest BCUT2D eigenvalue weighted by atomic mass is 15.0. The quantitative estimate of drug-likeness (QED) is 0.435. The summed E-state index contributed by atoms with van der Waals surface area (Å²) >= 11 is 0. The number of rotatable bonds is 0. The second-order valence-electron chi connectivity index (χ2n) is 1.57. The van der Waals surface area contributed by atoms with Gasteiger partial charge in [0.15, 0.2) is 0 Å². The van der Waals surface area contributed by atoms with Crippen molar-refractivity contribution in [3.8, 4) is 0 Å². The highest BCUT2D eigenvalue weighted by molar-refractivity contribution is 5.83. The van der Waals surface area contributed by atoms with Gasteiger partial charge in [-0.25, -0.2) is 9.98 Å². The van der Waals surface area contributed by atoms with Gasteiger partial charge in [0.1, 0.15) is 12.7 Å². The second kappa shape index (κ2) is 2.35. The molecule has 0 radical (unpaired) electrons. The number of nitrogens with zero attached hydrogens (tertiary/aromatic N) is 3. The van der Waals surface area contributed by atoms with Crippen molar-refractivity contribution in [2.45, 2.75) is 13.0 Å². The smallest absolute Gasteiger partial charge is 0.116 e. The Balaban J connectivity index is 2.66. The van der Waals surface area contributed by atoms with Gasteiger partial charge >= 0.3 is 0 Å². The molecular weight excluding hydrogens is 102 g/mol. The molecule has 0 aromatic carbocycles. The summed E-state index contributed by atoms with van der Waals surface area (Å²) in [6.07, 6.45) is 4.73. The van der Waals surface area contributed by atoms with Crippen LogP contribution in [0.25, 0.3) is 0 Å². The van der Waals surface area contributed by atoms with Gasteiger partial charge in [0, 0.05) is 6.21 Å². The molecule has 8 heavy (non-hydrogen) atoms. The molecule has 0 bridgehead atoms. The number of hydrogen-bond acceptors (Lipinski definition) is 3. The standard InChI is InChI=1S/C5H7N3/c1-5-2-6-3-7-4-8-5/h2-5H,1H3. The summed E-state index contributed by atoms with van der Waals surface area (Å²) in [6, 6.07) is 0.178. The van der Waals surface area contributed by atoms with Gasteiger partial charge in [-0.1, -0.05) is 0 Å². The first-order valence-electron chi connectivity index (χ1n) is 2.46. The first-order valence-corrected chi connectivity index (χ1v) is 2.46. The summed E-state index contributed by atoms with van der Waals surface area (Å²) in [6.45, 7) is 1.95. The zero-order chi connectivity index (χ0) is 5.82. The predicted molar refractivity (Wildman–Crippen MR) is 34.9 cm³/mol. The number of hydrogen-bond donors (Lipinski definition) is 0. The Morgan fingerprint density at radius 2 is 2.12 bits per heavy atom. The Kier molecular flexibility index (Phi) is 1.51. The Bertz CT molecular complexity index is 130. The largest absolute Gasteiger partial charge is 0.265 e. The van der Waals surface area contributed by atoms with Crippen LogP contribution in [0.3, 0.4) is 0 Å². The minimum atomic E-state index is 0.178. The van der Waals surface area contributed by atoms with E-state index >= 15 is 0 Å². The molecule has 1 aliphatic heterocycles. The average molecular weight is 109 g/mol. The summed E-state index contributed by atoms with van der Waals surface area (Å²) in [4.78, 5) is 11.5. The van der Waals surface area contributed by atoms with Crippen molar-refractivity contribution in [2.75, 3.05) is 0 Å². The maximum atomic E-state index is 3.95. The van der Waals surface area contributed by atoms with Crippen molar-refractivity contribution < 1.29 is 0 Å². The Hall–Kier alpha value is -0.990. The average Bonchev–Trinajstić information content (AvgIpc) is 1.94. The molecule has 0 amide bonds. The van der Waals surface area contributed by atoms with Crippen molar-refractivity contribution in [2.24, 2.45) is 15.0 Å². The highest BCUT2D eigenvalue weighted by Gasteiger charge is 1.89. The molecule has 0 saturated carbocycles. The third kappa shape index (κ3) is 1.26. The van der Waals surface area contributed by atoms with Gasteiger partial charge in [0.2, 0.25) is 0 Å². The summed E-state index contributed by atoms with van der Waals surface area (Å²) in [5, 5.41) is 0. The van der Waals surface area contributed by atoms with Gasteiger partial charge in [-0.2, -0.15) is 0 Å². The van der Waals surface area contributed by atoms with Crippen LogP contribution in [0.15, 0.2) is 15.0 Å². The third-order valence-corrected chi connectivity index (χ3v) is 0.804. The molecule has 0 N–H and O–H groups in total. The van der Waals surface area contributed by atoms with Gasteiger partial charge in [-0.3, -0.25) is 4.99 Å². The van der Waals surface area contributed by atoms with Crippen LogP contribution in [0.1, 0.15) is 6.92 Å². The van der Waals surface area contributed by atoms with E-state index in [0.29, 0.717) is 0 Å². The van der Waals surface area contributed by atoms with Crippen LogP contribution in [0.2, 0.25) is 0 Å². The van der Waals surface area contributed by atoms with E-state index in [1.54, 1.807) is 6.21 Å². The molecule has 0 saturated heterocycles. The van der Waals surface area contributed by atoms with Crippen LogP contribution in [-0.4, -0.2) is 24.9 Å². The zero-order valence-electron chi connectivity index (χ0n) is 4.65. The molecule has 42 valence electrons. The summed E-state index contributed by atoms with van der Waals surface area (Å²) < 4.78 is 0. The lowest BCUT2D eigenvalue weighted by molar-refractivity contribution is 1.00. The zero-order valence-corrected chi connectivity index (χ0v) is 4.65. The summed E-state index contributed by atoms with van der Waals surface area (Å²) in [5.41, 5.74) is 0. The Morgan fingerprint density at radius 1 is 1.25 bits per heavy atom. The lowest BCUT2D eigenvalue weighted by Gasteiger charge is -1.88. The van der Waals surface area contributed by atoms with Gasteiger partial charge in [-0.15, -0.1) is 0 Å². The summed E-state index contributed by atoms with van der Waals surface area (Å²) in [7, 11) is 0. The van der Waals surface area contributed by atoms with Gasteiger partial charge in [0.25, 0.3) is 0 Å². The van der Waals surface area contributed by atoms with Crippen molar-refractivity contribution in [1.82, 2.24) is 0 Å². The second-order valence-corrected chi connectivity index (χ2v) is 1.57. The molecular formula is C5H7N3. The van der Waals surface area contributed by atoms with Crippen LogP contribution in [0.4, 0.5) is 0 Å². The number of aliphatic imine (C=N–C) groups is 3. The lowest BCUT2D eigenvalue weighted by Crippen LogP contribution is -1.96. The molecule has 0 aromatic heterocycles. The fraction of sp³-hybridized carbons (Fsp3) is 0.400. The van der Waals surface area contributed by atoms with E-state index in [1.807, 2.05) is 6.92 Å². The Morgan fingerprint density at radius 3 is 3.00 bits per heavy atom. The molecule has 0 aliphatic carbocycles. The van der Waals surface area contributed by atoms with Crippen molar-refractivity contribution in [3.63, 3.8) is 0 Å². The first-order chi connectivity index (χ1) is 3.89. The molecule has 1 heterocycles. The molecule has 0 spiro atoms. The fourth-order valence-electron chi connectivity index (χ4n) is 0.413. The monoisotopic (exact) mass is 109 g/mol. The van der Waals surface area contributed by atoms with Crippen LogP contribution < -0.4 is 0 Å². The van der Waals surface area contributed by atoms with Gasteiger partial charge in [-0.05, 0) is 6.92 Å². The molecule has 1 rings (SSSR count). The Labute approximate surface area is 47.9 Å². The normalized spacial score (nSPS) is 25.9. The van der Waals surface area contributed by atoms with Gasteiger partial charge < -0.3 is 0 Å². The van der Waals surface area contributed by atoms with Crippen molar-refractivity contribution in [1.29, 1.82) is 0 Å². The highest BCUT2D eigenvalue weighted by Crippen LogP contribution is 1.85. The molecule has 0 fully saturated rings. The van der Waals surface area contributed by atoms with E-state index < -0.39 is 0 Å². The topological polar surface area (TPSA) is 37.1 Å². The van der Waals surface area contributed by atoms with E-state index in [-0.39, 0.29) is 6.04 Å². The van der Waals surface area contributed by atoms with Crippen LogP contribution in [-0.2, 0) is 0 Å². The van der Waals surface area contributed by atoms with Crippen molar-refractivity contribution in [3.05, 3.63) is 0 Å². The fourth-order valence-corrected chi connectivity index (χ4v) is 0.413. The van der Waals surface area contributed by atoms with Gasteiger partial charge in [0.05, 0.1) is 6.04 Å². The predicted octanol–water partition coefficient (Wildman–Crippen LogP) is 0.516. The maximum absolute atomic E-state index is 3.95. The van der Waals surface area contributed by atoms with Crippen molar-refractivity contribution >= 4 is 18.9 Å². The van der Waals surface area contributed by atoms with E-state index in [1.165, 1.54) is 12.7 Å². The first kappa shape index (κ1) is 5.15. The molecule has 1 atom stereocenters. The SMILES string of the molecule is CC1C=NC=NC=N1. The minimum Gasteiger partial charge on any atom is -0.265 e. The molecule has 3 nitrogen and oxygen atoms in total. The molecule has 0 aromatic rings. The van der Waals surface area contributed by atoms with E-state index in [2.05, 4.69) is 15.0 Å². The van der Waals surface area contributed by atoms with E-state index in [9.17, 15) is 0 Å². The minimum absolute atomic E-state index is 0.178. The lowest BCUT2D eigenvalue weighted by atomic mass is 10.4. The van der Waals surface area contributed by atoms with Crippen LogP contribution in [0.5, 0.6) is 0 Å². The van der Waals surface area contributed by atoms with Crippen LogP contribution in [0, 0.1) is 0 Å². The maximum Gasteiger partial charge on any atom is 0.116 e. The van der Waals surface area contributed by atoms with E-state index in [0.717, 1.165) is 0 Å².